The first-order valence-electron chi connectivity index (χ1n) is 7.01. The Morgan fingerprint density at radius 1 is 1.30 bits per heavy atom. The van der Waals surface area contributed by atoms with Crippen LogP contribution in [0.15, 0.2) is 0 Å². The highest BCUT2D eigenvalue weighted by Gasteiger charge is 2.38. The van der Waals surface area contributed by atoms with Crippen LogP contribution in [0.5, 0.6) is 0 Å². The van der Waals surface area contributed by atoms with E-state index in [1.807, 2.05) is 13.8 Å². The van der Waals surface area contributed by atoms with Crippen LogP contribution in [0, 0.1) is 0 Å². The first-order chi connectivity index (χ1) is 9.41. The molecule has 0 saturated carbocycles. The largest absolute Gasteiger partial charge is 0.343 e. The Bertz CT molecular complexity index is 416. The molecular formula is C13H22N4O3. The van der Waals surface area contributed by atoms with Gasteiger partial charge in [-0.3, -0.25) is 24.6 Å². The minimum atomic E-state index is -0.663. The van der Waals surface area contributed by atoms with Gasteiger partial charge in [0.25, 0.3) is 0 Å². The number of hydrogen-bond donors (Lipinski definition) is 3. The first kappa shape index (κ1) is 14.9. The van der Waals surface area contributed by atoms with Gasteiger partial charge in [0, 0.05) is 32.6 Å². The van der Waals surface area contributed by atoms with E-state index in [0.29, 0.717) is 6.42 Å². The van der Waals surface area contributed by atoms with Gasteiger partial charge in [-0.1, -0.05) is 0 Å². The SMILES string of the molecule is CC(C)(C(=O)NC1CCC(=O)NC1=O)N1CCNCC1. The van der Waals surface area contributed by atoms with Crippen LogP contribution in [0.3, 0.4) is 0 Å². The summed E-state index contributed by atoms with van der Waals surface area (Å²) in [6, 6.07) is -0.609. The molecule has 20 heavy (non-hydrogen) atoms. The maximum atomic E-state index is 12.4. The van der Waals surface area contributed by atoms with Crippen LogP contribution in [0.25, 0.3) is 0 Å². The molecule has 1 atom stereocenters. The fourth-order valence-corrected chi connectivity index (χ4v) is 2.53. The van der Waals surface area contributed by atoms with Crippen LogP contribution >= 0.6 is 0 Å². The molecule has 0 aromatic heterocycles. The van der Waals surface area contributed by atoms with Gasteiger partial charge in [-0.15, -0.1) is 0 Å². The molecule has 0 aliphatic carbocycles. The van der Waals surface area contributed by atoms with Gasteiger partial charge in [0.2, 0.25) is 17.7 Å². The molecule has 2 heterocycles. The highest BCUT2D eigenvalue weighted by Crippen LogP contribution is 2.16. The molecule has 3 N–H and O–H groups in total. The molecular weight excluding hydrogens is 260 g/mol. The number of nitrogens with one attached hydrogen (secondary N) is 3. The van der Waals surface area contributed by atoms with Crippen molar-refractivity contribution in [2.45, 2.75) is 38.3 Å². The zero-order valence-electron chi connectivity index (χ0n) is 12.0. The number of amides is 3. The van der Waals surface area contributed by atoms with Crippen molar-refractivity contribution in [2.24, 2.45) is 0 Å². The van der Waals surface area contributed by atoms with Gasteiger partial charge >= 0.3 is 0 Å². The van der Waals surface area contributed by atoms with Gasteiger partial charge in [0.05, 0.1) is 5.54 Å². The van der Waals surface area contributed by atoms with Crippen molar-refractivity contribution in [1.82, 2.24) is 20.9 Å². The Kier molecular flexibility index (Phi) is 4.39. The molecule has 3 amide bonds. The van der Waals surface area contributed by atoms with E-state index < -0.39 is 17.5 Å². The second kappa shape index (κ2) is 5.88. The zero-order valence-corrected chi connectivity index (χ0v) is 12.0. The third kappa shape index (κ3) is 3.16. The predicted octanol–water partition coefficient (Wildman–Crippen LogP) is -1.41. The molecule has 2 rings (SSSR count). The number of nitrogens with zero attached hydrogens (tertiary/aromatic N) is 1. The van der Waals surface area contributed by atoms with Crippen molar-refractivity contribution in [3.8, 4) is 0 Å². The first-order valence-corrected chi connectivity index (χ1v) is 7.01. The van der Waals surface area contributed by atoms with Crippen molar-refractivity contribution in [2.75, 3.05) is 26.2 Å². The van der Waals surface area contributed by atoms with Gasteiger partial charge in [-0.05, 0) is 20.3 Å². The van der Waals surface area contributed by atoms with Crippen LogP contribution in [-0.4, -0.2) is 60.4 Å². The monoisotopic (exact) mass is 282 g/mol. The summed E-state index contributed by atoms with van der Waals surface area (Å²) in [5.41, 5.74) is -0.663. The maximum absolute atomic E-state index is 12.4. The second-order valence-corrected chi connectivity index (χ2v) is 5.77. The van der Waals surface area contributed by atoms with E-state index in [1.165, 1.54) is 0 Å². The molecule has 2 fully saturated rings. The summed E-state index contributed by atoms with van der Waals surface area (Å²) in [4.78, 5) is 37.3. The average molecular weight is 282 g/mol. The fourth-order valence-electron chi connectivity index (χ4n) is 2.53. The lowest BCUT2D eigenvalue weighted by Crippen LogP contribution is -2.63. The van der Waals surface area contributed by atoms with Crippen LogP contribution in [0.1, 0.15) is 26.7 Å². The molecule has 1 unspecified atom stereocenters. The van der Waals surface area contributed by atoms with Gasteiger partial charge in [-0.25, -0.2) is 0 Å². The Balaban J connectivity index is 1.96. The summed E-state index contributed by atoms with van der Waals surface area (Å²) < 4.78 is 0. The number of hydrogen-bond acceptors (Lipinski definition) is 5. The topological polar surface area (TPSA) is 90.5 Å². The number of carbonyl (C=O) groups is 3. The minimum absolute atomic E-state index is 0.172. The second-order valence-electron chi connectivity index (χ2n) is 5.77. The summed E-state index contributed by atoms with van der Waals surface area (Å²) in [5, 5.41) is 8.26. The number of rotatable bonds is 3. The molecule has 0 aromatic carbocycles. The van der Waals surface area contributed by atoms with Gasteiger partial charge in [0.15, 0.2) is 0 Å². The third-order valence-electron chi connectivity index (χ3n) is 4.01. The number of piperazine rings is 1. The normalized spacial score (nSPS) is 25.2. The average Bonchev–Trinajstić information content (AvgIpc) is 2.42. The molecule has 0 spiro atoms. The highest BCUT2D eigenvalue weighted by molar-refractivity contribution is 6.02. The van der Waals surface area contributed by atoms with Crippen LogP contribution in [0.4, 0.5) is 0 Å². The summed E-state index contributed by atoms with van der Waals surface area (Å²) in [7, 11) is 0. The molecule has 2 aliphatic rings. The molecule has 2 saturated heterocycles. The van der Waals surface area contributed by atoms with Gasteiger partial charge in [-0.2, -0.15) is 0 Å². The fraction of sp³-hybridized carbons (Fsp3) is 0.769. The van der Waals surface area contributed by atoms with E-state index in [0.717, 1.165) is 26.2 Å². The van der Waals surface area contributed by atoms with E-state index >= 15 is 0 Å². The summed E-state index contributed by atoms with van der Waals surface area (Å²) in [6.45, 7) is 7.04. The summed E-state index contributed by atoms with van der Waals surface area (Å²) in [5.74, 6) is -0.860. The lowest BCUT2D eigenvalue weighted by atomic mass is 9.98. The van der Waals surface area contributed by atoms with Crippen molar-refractivity contribution < 1.29 is 14.4 Å². The van der Waals surface area contributed by atoms with Crippen LogP contribution < -0.4 is 16.0 Å². The summed E-state index contributed by atoms with van der Waals surface area (Å²) in [6.07, 6.45) is 0.638. The molecule has 7 nitrogen and oxygen atoms in total. The Morgan fingerprint density at radius 3 is 2.55 bits per heavy atom. The minimum Gasteiger partial charge on any atom is -0.343 e. The maximum Gasteiger partial charge on any atom is 0.249 e. The van der Waals surface area contributed by atoms with E-state index in [4.69, 9.17) is 0 Å². The van der Waals surface area contributed by atoms with Crippen molar-refractivity contribution in [3.63, 3.8) is 0 Å². The standard InChI is InChI=1S/C13H22N4O3/c1-13(2,17-7-5-14-6-8-17)12(20)15-9-3-4-10(18)16-11(9)19/h9,14H,3-8H2,1-2H3,(H,15,20)(H,16,18,19). The molecule has 0 radical (unpaired) electrons. The Labute approximate surface area is 118 Å². The van der Waals surface area contributed by atoms with Crippen molar-refractivity contribution >= 4 is 17.7 Å². The van der Waals surface area contributed by atoms with Crippen molar-refractivity contribution in [3.05, 3.63) is 0 Å². The Hall–Kier alpha value is -1.47. The number of imide groups is 1. The number of carbonyl (C=O) groups excluding carboxylic acids is 3. The molecule has 2 aliphatic heterocycles. The van der Waals surface area contributed by atoms with E-state index in [1.54, 1.807) is 0 Å². The molecule has 7 heteroatoms. The van der Waals surface area contributed by atoms with E-state index in [9.17, 15) is 14.4 Å². The van der Waals surface area contributed by atoms with E-state index in [2.05, 4.69) is 20.9 Å². The van der Waals surface area contributed by atoms with Gasteiger partial charge < -0.3 is 10.6 Å². The predicted molar refractivity (Wildman–Crippen MR) is 72.8 cm³/mol. The number of piperidine rings is 1. The quantitative estimate of drug-likeness (QED) is 0.553. The lowest BCUT2D eigenvalue weighted by Gasteiger charge is -2.40. The molecule has 0 aromatic rings. The molecule has 112 valence electrons. The van der Waals surface area contributed by atoms with Crippen molar-refractivity contribution in [1.29, 1.82) is 0 Å². The summed E-state index contributed by atoms with van der Waals surface area (Å²) >= 11 is 0. The highest BCUT2D eigenvalue weighted by atomic mass is 16.2. The van der Waals surface area contributed by atoms with Crippen LogP contribution in [-0.2, 0) is 14.4 Å². The zero-order chi connectivity index (χ0) is 14.8. The van der Waals surface area contributed by atoms with Crippen LogP contribution in [0.2, 0.25) is 0 Å². The smallest absolute Gasteiger partial charge is 0.249 e. The van der Waals surface area contributed by atoms with E-state index in [-0.39, 0.29) is 18.2 Å². The third-order valence-corrected chi connectivity index (χ3v) is 4.01. The molecule has 0 bridgehead atoms. The Morgan fingerprint density at radius 2 is 1.95 bits per heavy atom. The van der Waals surface area contributed by atoms with Gasteiger partial charge in [0.1, 0.15) is 6.04 Å². The lowest BCUT2D eigenvalue weighted by molar-refractivity contribution is -0.140.